The van der Waals surface area contributed by atoms with E-state index in [2.05, 4.69) is 10.6 Å². The highest BCUT2D eigenvalue weighted by atomic mass is 16.6. The Bertz CT molecular complexity index is 882. The molecule has 0 aliphatic heterocycles. The van der Waals surface area contributed by atoms with Gasteiger partial charge in [0.25, 0.3) is 11.4 Å². The predicted molar refractivity (Wildman–Crippen MR) is 96.6 cm³/mol. The van der Waals surface area contributed by atoms with Gasteiger partial charge >= 0.3 is 11.8 Å². The van der Waals surface area contributed by atoms with Crippen molar-refractivity contribution in [2.24, 2.45) is 0 Å². The molecule has 12 nitrogen and oxygen atoms in total. The van der Waals surface area contributed by atoms with Crippen LogP contribution in [0, 0.1) is 20.2 Å². The molecule has 0 bridgehead atoms. The molecule has 12 heteroatoms. The Morgan fingerprint density at radius 3 is 1.43 bits per heavy atom. The summed E-state index contributed by atoms with van der Waals surface area (Å²) in [6.45, 7) is 0. The number of hydrogen-bond acceptors (Lipinski definition) is 8. The molecule has 0 radical (unpaired) electrons. The Labute approximate surface area is 157 Å². The van der Waals surface area contributed by atoms with Crippen LogP contribution < -0.4 is 20.1 Å². The fourth-order valence-corrected chi connectivity index (χ4v) is 2.15. The molecule has 0 aliphatic carbocycles. The summed E-state index contributed by atoms with van der Waals surface area (Å²) in [4.78, 5) is 44.9. The zero-order valence-electron chi connectivity index (χ0n) is 14.6. The van der Waals surface area contributed by atoms with E-state index < -0.39 is 33.0 Å². The number of carbonyl (C=O) groups is 2. The lowest BCUT2D eigenvalue weighted by atomic mass is 10.2. The van der Waals surface area contributed by atoms with Gasteiger partial charge in [0, 0.05) is 0 Å². The van der Waals surface area contributed by atoms with Crippen LogP contribution in [0.5, 0.6) is 11.5 Å². The van der Waals surface area contributed by atoms with Gasteiger partial charge in [-0.25, -0.2) is 0 Å². The Kier molecular flexibility index (Phi) is 6.06. The number of amides is 2. The average Bonchev–Trinajstić information content (AvgIpc) is 2.68. The molecular formula is C16H14N4O8. The third kappa shape index (κ3) is 4.49. The minimum absolute atomic E-state index is 0.183. The Balaban J connectivity index is 2.22. The first kappa shape index (κ1) is 20.1. The summed E-state index contributed by atoms with van der Waals surface area (Å²) in [5.41, 5.74) is -1.46. The summed E-state index contributed by atoms with van der Waals surface area (Å²) in [5, 5.41) is 26.4. The first-order valence-electron chi connectivity index (χ1n) is 7.54. The normalized spacial score (nSPS) is 9.93. The molecule has 2 N–H and O–H groups in total. The highest BCUT2D eigenvalue weighted by Crippen LogP contribution is 2.30. The van der Waals surface area contributed by atoms with Crippen LogP contribution in [-0.2, 0) is 9.59 Å². The van der Waals surface area contributed by atoms with Gasteiger partial charge in [0.2, 0.25) is 0 Å². The van der Waals surface area contributed by atoms with Gasteiger partial charge in [0.1, 0.15) is 22.9 Å². The third-order valence-corrected chi connectivity index (χ3v) is 3.51. The first-order valence-corrected chi connectivity index (χ1v) is 7.54. The maximum Gasteiger partial charge on any atom is 0.314 e. The van der Waals surface area contributed by atoms with Crippen molar-refractivity contribution in [1.82, 2.24) is 0 Å². The number of nitrogens with one attached hydrogen (secondary N) is 2. The molecule has 2 aromatic carbocycles. The number of hydrogen-bond donors (Lipinski definition) is 2. The van der Waals surface area contributed by atoms with E-state index in [0.29, 0.717) is 0 Å². The SMILES string of the molecule is COc1ccc(NC(=O)C(=O)Nc2ccc(OC)cc2[N+](=O)[O-])c([N+](=O)[O-])c1. The second-order valence-electron chi connectivity index (χ2n) is 5.19. The maximum absolute atomic E-state index is 12.1. The molecule has 0 aliphatic rings. The minimum Gasteiger partial charge on any atom is -0.496 e. The van der Waals surface area contributed by atoms with E-state index in [4.69, 9.17) is 9.47 Å². The Morgan fingerprint density at radius 1 is 0.786 bits per heavy atom. The number of ether oxygens (including phenoxy) is 2. The van der Waals surface area contributed by atoms with Crippen LogP contribution in [0.4, 0.5) is 22.7 Å². The molecule has 2 aromatic rings. The van der Waals surface area contributed by atoms with Gasteiger partial charge in [0.05, 0.1) is 36.2 Å². The van der Waals surface area contributed by atoms with Gasteiger partial charge in [-0.05, 0) is 24.3 Å². The van der Waals surface area contributed by atoms with Crippen molar-refractivity contribution in [1.29, 1.82) is 0 Å². The molecule has 28 heavy (non-hydrogen) atoms. The fourth-order valence-electron chi connectivity index (χ4n) is 2.15. The molecule has 0 atom stereocenters. The molecule has 0 heterocycles. The molecule has 2 amide bonds. The summed E-state index contributed by atoms with van der Waals surface area (Å²) in [7, 11) is 2.62. The Hall–Kier alpha value is -4.22. The van der Waals surface area contributed by atoms with E-state index in [-0.39, 0.29) is 22.9 Å². The van der Waals surface area contributed by atoms with Crippen LogP contribution in [0.15, 0.2) is 36.4 Å². The quantitative estimate of drug-likeness (QED) is 0.430. The van der Waals surface area contributed by atoms with Gasteiger partial charge in [-0.2, -0.15) is 0 Å². The summed E-state index contributed by atoms with van der Waals surface area (Å²) >= 11 is 0. The number of benzene rings is 2. The summed E-state index contributed by atoms with van der Waals surface area (Å²) in [6.07, 6.45) is 0. The van der Waals surface area contributed by atoms with Crippen molar-refractivity contribution in [2.45, 2.75) is 0 Å². The number of methoxy groups -OCH3 is 2. The van der Waals surface area contributed by atoms with Gasteiger partial charge in [-0.15, -0.1) is 0 Å². The minimum atomic E-state index is -1.25. The van der Waals surface area contributed by atoms with Crippen molar-refractivity contribution in [3.8, 4) is 11.5 Å². The Morgan fingerprint density at radius 2 is 1.14 bits per heavy atom. The van der Waals surface area contributed by atoms with E-state index >= 15 is 0 Å². The second kappa shape index (κ2) is 8.44. The van der Waals surface area contributed by atoms with Crippen LogP contribution in [-0.4, -0.2) is 35.9 Å². The largest absolute Gasteiger partial charge is 0.496 e. The third-order valence-electron chi connectivity index (χ3n) is 3.51. The van der Waals surface area contributed by atoms with E-state index in [1.807, 2.05) is 0 Å². The highest BCUT2D eigenvalue weighted by molar-refractivity contribution is 6.44. The van der Waals surface area contributed by atoms with Crippen LogP contribution in [0.3, 0.4) is 0 Å². The number of anilines is 2. The molecule has 2 rings (SSSR count). The van der Waals surface area contributed by atoms with Crippen molar-refractivity contribution in [2.75, 3.05) is 24.9 Å². The zero-order valence-corrected chi connectivity index (χ0v) is 14.6. The number of rotatable bonds is 6. The van der Waals surface area contributed by atoms with Crippen molar-refractivity contribution in [3.63, 3.8) is 0 Å². The fraction of sp³-hybridized carbons (Fsp3) is 0.125. The number of nitro benzene ring substituents is 2. The molecule has 0 unspecified atom stereocenters. The second-order valence-corrected chi connectivity index (χ2v) is 5.19. The van der Waals surface area contributed by atoms with E-state index in [1.165, 1.54) is 38.5 Å². The maximum atomic E-state index is 12.1. The summed E-state index contributed by atoms with van der Waals surface area (Å²) in [6, 6.07) is 7.24. The van der Waals surface area contributed by atoms with Gasteiger partial charge in [-0.1, -0.05) is 0 Å². The van der Waals surface area contributed by atoms with Crippen LogP contribution in [0.1, 0.15) is 0 Å². The monoisotopic (exact) mass is 390 g/mol. The molecule has 0 saturated carbocycles. The molecule has 0 saturated heterocycles. The van der Waals surface area contributed by atoms with Crippen LogP contribution in [0.25, 0.3) is 0 Å². The zero-order chi connectivity index (χ0) is 20.8. The topological polar surface area (TPSA) is 163 Å². The molecular weight excluding hydrogens is 376 g/mol. The highest BCUT2D eigenvalue weighted by Gasteiger charge is 2.24. The first-order chi connectivity index (χ1) is 13.3. The van der Waals surface area contributed by atoms with Crippen molar-refractivity contribution in [3.05, 3.63) is 56.6 Å². The summed E-state index contributed by atoms with van der Waals surface area (Å²) < 4.78 is 9.75. The number of nitrogens with zero attached hydrogens (tertiary/aromatic N) is 2. The lowest BCUT2D eigenvalue weighted by Gasteiger charge is -2.09. The smallest absolute Gasteiger partial charge is 0.314 e. The standard InChI is InChI=1S/C16H14N4O8/c1-27-9-3-5-11(13(7-9)19(23)24)17-15(21)16(22)18-12-6-4-10(28-2)8-14(12)20(25)26/h3-8H,1-2H3,(H,17,21)(H,18,22). The van der Waals surface area contributed by atoms with Gasteiger partial charge in [0.15, 0.2) is 0 Å². The van der Waals surface area contributed by atoms with Crippen molar-refractivity contribution < 1.29 is 28.9 Å². The van der Waals surface area contributed by atoms with Crippen LogP contribution >= 0.6 is 0 Å². The summed E-state index contributed by atoms with van der Waals surface area (Å²) in [5.74, 6) is -2.14. The predicted octanol–water partition coefficient (Wildman–Crippen LogP) is 2.10. The van der Waals surface area contributed by atoms with E-state index in [1.54, 1.807) is 0 Å². The van der Waals surface area contributed by atoms with Gasteiger partial charge < -0.3 is 20.1 Å². The number of carbonyl (C=O) groups excluding carboxylic acids is 2. The molecule has 0 spiro atoms. The van der Waals surface area contributed by atoms with E-state index in [0.717, 1.165) is 12.1 Å². The van der Waals surface area contributed by atoms with Crippen LogP contribution in [0.2, 0.25) is 0 Å². The molecule has 0 fully saturated rings. The van der Waals surface area contributed by atoms with Gasteiger partial charge in [-0.3, -0.25) is 29.8 Å². The molecule has 146 valence electrons. The van der Waals surface area contributed by atoms with E-state index in [9.17, 15) is 29.8 Å². The average molecular weight is 390 g/mol. The molecule has 0 aromatic heterocycles. The van der Waals surface area contributed by atoms with Crippen molar-refractivity contribution >= 4 is 34.6 Å². The lowest BCUT2D eigenvalue weighted by molar-refractivity contribution is -0.384. The lowest BCUT2D eigenvalue weighted by Crippen LogP contribution is -2.29. The number of nitro groups is 2.